The van der Waals surface area contributed by atoms with E-state index < -0.39 is 0 Å². The van der Waals surface area contributed by atoms with E-state index in [0.717, 1.165) is 24.5 Å². The average Bonchev–Trinajstić information content (AvgIpc) is 3.12. The van der Waals surface area contributed by atoms with Crippen molar-refractivity contribution in [1.82, 2.24) is 14.8 Å². The number of ether oxygens (including phenoxy) is 2. The molecule has 0 atom stereocenters. The fourth-order valence-electron chi connectivity index (χ4n) is 4.25. The molecule has 0 spiro atoms. The molecule has 2 aliphatic rings. The van der Waals surface area contributed by atoms with Crippen molar-refractivity contribution in [1.29, 1.82) is 0 Å². The first kappa shape index (κ1) is 22.8. The number of hydrogen-bond donors (Lipinski definition) is 0. The maximum Gasteiger partial charge on any atom is 0.277 e. The Labute approximate surface area is 194 Å². The lowest BCUT2D eigenvalue weighted by Crippen LogP contribution is -2.48. The zero-order valence-corrected chi connectivity index (χ0v) is 19.2. The molecule has 0 N–H and O–H groups in total. The first-order valence-electron chi connectivity index (χ1n) is 11.4. The Morgan fingerprint density at radius 1 is 0.939 bits per heavy atom. The number of benzene rings is 1. The van der Waals surface area contributed by atoms with Crippen molar-refractivity contribution in [2.75, 3.05) is 57.9 Å². The molecular weight excluding hydrogens is 420 g/mol. The van der Waals surface area contributed by atoms with Crippen LogP contribution < -0.4 is 9.64 Å². The van der Waals surface area contributed by atoms with Gasteiger partial charge < -0.3 is 19.3 Å². The highest BCUT2D eigenvalue weighted by molar-refractivity contribution is 6.35. The van der Waals surface area contributed by atoms with Gasteiger partial charge in [0, 0.05) is 52.1 Å². The molecule has 8 nitrogen and oxygen atoms in total. The van der Waals surface area contributed by atoms with Gasteiger partial charge in [-0.25, -0.2) is 4.98 Å². The molecular formula is C25H30N4O4. The molecule has 2 aliphatic heterocycles. The van der Waals surface area contributed by atoms with Crippen LogP contribution in [0.2, 0.25) is 0 Å². The van der Waals surface area contributed by atoms with Gasteiger partial charge in [-0.1, -0.05) is 18.2 Å². The van der Waals surface area contributed by atoms with Gasteiger partial charge in [-0.05, 0) is 43.2 Å². The summed E-state index contributed by atoms with van der Waals surface area (Å²) in [6.07, 6.45) is 2.40. The van der Waals surface area contributed by atoms with Crippen LogP contribution in [0.15, 0.2) is 54.4 Å². The quantitative estimate of drug-likeness (QED) is 0.429. The Balaban J connectivity index is 1.58. The summed E-state index contributed by atoms with van der Waals surface area (Å²) in [5.74, 6) is 1.15. The lowest BCUT2D eigenvalue weighted by molar-refractivity contribution is -0.137. The van der Waals surface area contributed by atoms with Crippen LogP contribution in [0.25, 0.3) is 5.57 Å². The number of carbonyl (C=O) groups is 2. The van der Waals surface area contributed by atoms with Gasteiger partial charge in [-0.3, -0.25) is 14.5 Å². The summed E-state index contributed by atoms with van der Waals surface area (Å²) in [5, 5.41) is 0. The minimum atomic E-state index is -0.246. The van der Waals surface area contributed by atoms with E-state index in [1.165, 1.54) is 4.90 Å². The van der Waals surface area contributed by atoms with Crippen molar-refractivity contribution < 1.29 is 19.1 Å². The molecule has 33 heavy (non-hydrogen) atoms. The third-order valence-corrected chi connectivity index (χ3v) is 5.97. The minimum Gasteiger partial charge on any atom is -0.497 e. The van der Waals surface area contributed by atoms with Crippen LogP contribution in [0, 0.1) is 0 Å². The second kappa shape index (κ2) is 10.5. The van der Waals surface area contributed by atoms with E-state index in [2.05, 4.69) is 9.88 Å². The minimum absolute atomic E-state index is 0.228. The van der Waals surface area contributed by atoms with E-state index in [-0.39, 0.29) is 11.8 Å². The molecule has 3 heterocycles. The molecule has 1 aromatic heterocycles. The monoisotopic (exact) mass is 450 g/mol. The molecule has 174 valence electrons. The van der Waals surface area contributed by atoms with Crippen molar-refractivity contribution in [2.45, 2.75) is 13.3 Å². The molecule has 4 rings (SSSR count). The summed E-state index contributed by atoms with van der Waals surface area (Å²) in [6.45, 7) is 6.12. The van der Waals surface area contributed by atoms with Gasteiger partial charge in [0.2, 0.25) is 0 Å². The summed E-state index contributed by atoms with van der Waals surface area (Å²) in [5.41, 5.74) is 1.68. The molecule has 0 aliphatic carbocycles. The van der Waals surface area contributed by atoms with Gasteiger partial charge in [0.1, 0.15) is 17.3 Å². The molecule has 2 amide bonds. The summed E-state index contributed by atoms with van der Waals surface area (Å²) in [7, 11) is 1.60. The Hall–Kier alpha value is -3.39. The lowest BCUT2D eigenvalue weighted by Gasteiger charge is -2.37. The number of hydrogen-bond acceptors (Lipinski definition) is 7. The zero-order valence-electron chi connectivity index (χ0n) is 19.2. The SMILES string of the molecule is CCOCCCN1C(=O)C(c2ccc(OC)cc2)=C(N2CCN(c3ccccn3)CC2)C1=O. The van der Waals surface area contributed by atoms with E-state index in [4.69, 9.17) is 9.47 Å². The lowest BCUT2D eigenvalue weighted by atomic mass is 10.0. The first-order chi connectivity index (χ1) is 16.1. The molecule has 0 radical (unpaired) electrons. The summed E-state index contributed by atoms with van der Waals surface area (Å²) >= 11 is 0. The Morgan fingerprint density at radius 3 is 2.30 bits per heavy atom. The van der Waals surface area contributed by atoms with E-state index in [0.29, 0.717) is 56.3 Å². The second-order valence-corrected chi connectivity index (χ2v) is 7.93. The summed E-state index contributed by atoms with van der Waals surface area (Å²) in [6, 6.07) is 13.2. The fraction of sp³-hybridized carbons (Fsp3) is 0.400. The van der Waals surface area contributed by atoms with Gasteiger partial charge in [0.05, 0.1) is 12.7 Å². The predicted octanol–water partition coefficient (Wildman–Crippen LogP) is 2.42. The highest BCUT2D eigenvalue weighted by Gasteiger charge is 2.41. The number of amides is 2. The molecule has 2 aromatic rings. The van der Waals surface area contributed by atoms with Crippen LogP contribution in [0.5, 0.6) is 5.75 Å². The molecule has 1 aromatic carbocycles. The standard InChI is InChI=1S/C25H30N4O4/c1-3-33-18-6-13-29-24(30)22(19-8-10-20(32-2)11-9-19)23(25(29)31)28-16-14-27(15-17-28)21-7-4-5-12-26-21/h4-5,7-12H,3,6,13-18H2,1-2H3. The van der Waals surface area contributed by atoms with Gasteiger partial charge in [0.15, 0.2) is 0 Å². The largest absolute Gasteiger partial charge is 0.497 e. The van der Waals surface area contributed by atoms with Crippen LogP contribution in [0.1, 0.15) is 18.9 Å². The maximum absolute atomic E-state index is 13.5. The predicted molar refractivity (Wildman–Crippen MR) is 126 cm³/mol. The number of methoxy groups -OCH3 is 1. The Kier molecular flexibility index (Phi) is 7.24. The zero-order chi connectivity index (χ0) is 23.2. The third kappa shape index (κ3) is 4.85. The number of piperazine rings is 1. The number of rotatable bonds is 9. The number of pyridine rings is 1. The van der Waals surface area contributed by atoms with Gasteiger partial charge in [0.25, 0.3) is 11.8 Å². The highest BCUT2D eigenvalue weighted by Crippen LogP contribution is 2.33. The molecule has 0 unspecified atom stereocenters. The number of anilines is 1. The fourth-order valence-corrected chi connectivity index (χ4v) is 4.25. The smallest absolute Gasteiger partial charge is 0.277 e. The van der Waals surface area contributed by atoms with Gasteiger partial charge >= 0.3 is 0 Å². The van der Waals surface area contributed by atoms with Crippen LogP contribution in [0.3, 0.4) is 0 Å². The van der Waals surface area contributed by atoms with Crippen molar-refractivity contribution in [3.8, 4) is 5.75 Å². The van der Waals surface area contributed by atoms with Crippen molar-refractivity contribution in [3.63, 3.8) is 0 Å². The van der Waals surface area contributed by atoms with E-state index in [1.54, 1.807) is 13.3 Å². The maximum atomic E-state index is 13.5. The van der Waals surface area contributed by atoms with Crippen LogP contribution >= 0.6 is 0 Å². The van der Waals surface area contributed by atoms with Gasteiger partial charge in [-0.2, -0.15) is 0 Å². The average molecular weight is 451 g/mol. The summed E-state index contributed by atoms with van der Waals surface area (Å²) < 4.78 is 10.7. The van der Waals surface area contributed by atoms with Crippen LogP contribution in [0.4, 0.5) is 5.82 Å². The third-order valence-electron chi connectivity index (χ3n) is 5.97. The molecule has 1 fully saturated rings. The molecule has 8 heteroatoms. The van der Waals surface area contributed by atoms with E-state index in [1.807, 2.05) is 54.3 Å². The van der Waals surface area contributed by atoms with Crippen molar-refractivity contribution in [3.05, 3.63) is 59.9 Å². The highest BCUT2D eigenvalue weighted by atomic mass is 16.5. The molecule has 0 bridgehead atoms. The van der Waals surface area contributed by atoms with Crippen molar-refractivity contribution >= 4 is 23.2 Å². The summed E-state index contributed by atoms with van der Waals surface area (Å²) in [4.78, 5) is 36.9. The van der Waals surface area contributed by atoms with Crippen molar-refractivity contribution in [2.24, 2.45) is 0 Å². The second-order valence-electron chi connectivity index (χ2n) is 7.93. The Morgan fingerprint density at radius 2 is 1.67 bits per heavy atom. The first-order valence-corrected chi connectivity index (χ1v) is 11.4. The van der Waals surface area contributed by atoms with Crippen LogP contribution in [-0.2, 0) is 14.3 Å². The van der Waals surface area contributed by atoms with E-state index >= 15 is 0 Å². The normalized spacial score (nSPS) is 16.7. The number of carbonyl (C=O) groups excluding carboxylic acids is 2. The number of aromatic nitrogens is 1. The van der Waals surface area contributed by atoms with E-state index in [9.17, 15) is 9.59 Å². The number of nitrogens with zero attached hydrogens (tertiary/aromatic N) is 4. The Bertz CT molecular complexity index is 999. The molecule has 0 saturated carbocycles. The van der Waals surface area contributed by atoms with Crippen LogP contribution in [-0.4, -0.2) is 79.6 Å². The van der Waals surface area contributed by atoms with Gasteiger partial charge in [-0.15, -0.1) is 0 Å². The number of imide groups is 1. The molecule has 1 saturated heterocycles. The topological polar surface area (TPSA) is 75.2 Å².